The van der Waals surface area contributed by atoms with E-state index in [0.717, 1.165) is 6.08 Å². The van der Waals surface area contributed by atoms with E-state index in [9.17, 15) is 9.90 Å². The number of thiol groups is 1. The second-order valence-electron chi connectivity index (χ2n) is 2.52. The summed E-state index contributed by atoms with van der Waals surface area (Å²) >= 11 is 13.1. The van der Waals surface area contributed by atoms with E-state index in [1.807, 2.05) is 0 Å². The predicted molar refractivity (Wildman–Crippen MR) is 79.6 cm³/mol. The zero-order chi connectivity index (χ0) is 13.8. The van der Waals surface area contributed by atoms with Gasteiger partial charge in [-0.05, 0) is 17.7 Å². The summed E-state index contributed by atoms with van der Waals surface area (Å²) < 4.78 is 2.51. The van der Waals surface area contributed by atoms with Crippen LogP contribution >= 0.6 is 16.9 Å². The van der Waals surface area contributed by atoms with Crippen molar-refractivity contribution < 1.29 is 14.4 Å². The summed E-state index contributed by atoms with van der Waals surface area (Å²) in [5, 5.41) is 9.98. The number of rotatable bonds is 2. The van der Waals surface area contributed by atoms with Crippen LogP contribution in [0.4, 0.5) is 0 Å². The SMILES string of the molecule is CC(=O)/C=C(\C)[O-].COP(=S)([S-])S.[CH3][Sn+2][CH3]. The number of hydrogen-bond donors (Lipinski definition) is 1. The molecule has 0 spiro atoms. The summed E-state index contributed by atoms with van der Waals surface area (Å²) in [5.74, 6) is -0.375. The van der Waals surface area contributed by atoms with Crippen LogP contribution in [0.3, 0.4) is 0 Å². The molecule has 0 aliphatic rings. The summed E-state index contributed by atoms with van der Waals surface area (Å²) in [4.78, 5) is 14.6. The van der Waals surface area contributed by atoms with Crippen molar-refractivity contribution >= 4 is 67.9 Å². The summed E-state index contributed by atoms with van der Waals surface area (Å²) in [7, 11) is 1.47. The molecule has 0 rings (SSSR count). The fraction of sp³-hybridized carbons (Fsp3) is 0.625. The molecule has 0 saturated heterocycles. The molecule has 0 aromatic carbocycles. The van der Waals surface area contributed by atoms with Gasteiger partial charge in [-0.25, -0.2) is 0 Å². The Bertz CT molecular complexity index is 249. The van der Waals surface area contributed by atoms with E-state index in [-0.39, 0.29) is 32.7 Å². The molecular weight excluding hydrogens is 390 g/mol. The van der Waals surface area contributed by atoms with E-state index in [4.69, 9.17) is 0 Å². The average molecular weight is 407 g/mol. The predicted octanol–water partition coefficient (Wildman–Crippen LogP) is 1.96. The molecule has 0 aromatic rings. The van der Waals surface area contributed by atoms with Gasteiger partial charge in [-0.1, -0.05) is 18.7 Å². The van der Waals surface area contributed by atoms with Crippen molar-refractivity contribution in [2.24, 2.45) is 0 Å². The van der Waals surface area contributed by atoms with Crippen molar-refractivity contribution in [1.82, 2.24) is 0 Å². The third kappa shape index (κ3) is 45.4. The number of carbonyl (C=O) groups is 1. The molecule has 0 amide bonds. The summed E-state index contributed by atoms with van der Waals surface area (Å²) in [6.45, 7) is 2.70. The van der Waals surface area contributed by atoms with Gasteiger partial charge in [0.2, 0.25) is 0 Å². The second kappa shape index (κ2) is 14.4. The molecule has 0 aliphatic heterocycles. The van der Waals surface area contributed by atoms with Gasteiger partial charge in [-0.2, -0.15) is 0 Å². The Hall–Kier alpha value is 1.32. The Labute approximate surface area is 124 Å². The van der Waals surface area contributed by atoms with Gasteiger partial charge in [0.15, 0.2) is 5.78 Å². The van der Waals surface area contributed by atoms with E-state index in [1.54, 1.807) is 0 Å². The van der Waals surface area contributed by atoms with Gasteiger partial charge in [-0.3, -0.25) is 4.79 Å². The summed E-state index contributed by atoms with van der Waals surface area (Å²) in [6.07, 6.45) is 1.06. The van der Waals surface area contributed by atoms with E-state index < -0.39 is 4.67 Å². The third-order valence-corrected chi connectivity index (χ3v) is 2.48. The van der Waals surface area contributed by atoms with Gasteiger partial charge in [-0.15, -0.1) is 18.0 Å². The number of hydrogen-bond acceptors (Lipinski definition) is 5. The number of ketones is 1. The van der Waals surface area contributed by atoms with Crippen molar-refractivity contribution in [2.45, 2.75) is 23.7 Å². The van der Waals surface area contributed by atoms with Crippen LogP contribution < -0.4 is 5.11 Å². The van der Waals surface area contributed by atoms with Crippen LogP contribution in [0.25, 0.3) is 0 Å². The zero-order valence-electron chi connectivity index (χ0n) is 10.0. The summed E-state index contributed by atoms with van der Waals surface area (Å²) in [6, 6.07) is 0. The van der Waals surface area contributed by atoms with E-state index in [2.05, 4.69) is 50.7 Å². The van der Waals surface area contributed by atoms with Crippen LogP contribution in [0.2, 0.25) is 9.88 Å². The Balaban J connectivity index is -0.000000172. The zero-order valence-corrected chi connectivity index (χ0v) is 16.3. The molecular formula is C8H17O3PS3Sn. The Morgan fingerprint density at radius 3 is 1.81 bits per heavy atom. The van der Waals surface area contributed by atoms with E-state index in [0.29, 0.717) is 0 Å². The van der Waals surface area contributed by atoms with Crippen LogP contribution in [-0.2, 0) is 33.4 Å². The van der Waals surface area contributed by atoms with Crippen molar-refractivity contribution in [3.05, 3.63) is 11.8 Å². The molecule has 16 heavy (non-hydrogen) atoms. The van der Waals surface area contributed by atoms with Crippen LogP contribution in [-0.4, -0.2) is 34.0 Å². The first-order valence-electron chi connectivity index (χ1n) is 4.14. The normalized spacial score (nSPS) is 13.1. The fourth-order valence-electron chi connectivity index (χ4n) is 0.286. The molecule has 1 atom stereocenters. The third-order valence-electron chi connectivity index (χ3n) is 0.637. The van der Waals surface area contributed by atoms with Crippen LogP contribution in [0.5, 0.6) is 0 Å². The first-order valence-corrected chi connectivity index (χ1v) is 14.7. The fourth-order valence-corrected chi connectivity index (χ4v) is 0.286. The molecule has 0 radical (unpaired) electrons. The second-order valence-corrected chi connectivity index (χ2v) is 13.8. The topological polar surface area (TPSA) is 49.4 Å². The molecule has 1 unspecified atom stereocenters. The average Bonchev–Trinajstić information content (AvgIpc) is 2.02. The molecule has 0 bridgehead atoms. The maximum atomic E-state index is 9.98. The van der Waals surface area contributed by atoms with E-state index >= 15 is 0 Å². The Morgan fingerprint density at radius 2 is 1.81 bits per heavy atom. The quantitative estimate of drug-likeness (QED) is 0.190. The molecule has 0 aromatic heterocycles. The van der Waals surface area contributed by atoms with Gasteiger partial charge in [0, 0.05) is 7.11 Å². The Morgan fingerprint density at radius 1 is 1.56 bits per heavy atom. The van der Waals surface area contributed by atoms with Crippen LogP contribution in [0.15, 0.2) is 11.8 Å². The van der Waals surface area contributed by atoms with Gasteiger partial charge >= 0.3 is 31.0 Å². The van der Waals surface area contributed by atoms with Gasteiger partial charge in [0.1, 0.15) is 0 Å². The van der Waals surface area contributed by atoms with Gasteiger partial charge < -0.3 is 21.9 Å². The molecule has 94 valence electrons. The van der Waals surface area contributed by atoms with Crippen LogP contribution in [0.1, 0.15) is 13.8 Å². The molecule has 0 heterocycles. The number of carbonyl (C=O) groups excluding carboxylic acids is 1. The molecule has 0 N–H and O–H groups in total. The van der Waals surface area contributed by atoms with Crippen molar-refractivity contribution in [3.63, 3.8) is 0 Å². The summed E-state index contributed by atoms with van der Waals surface area (Å²) in [5.41, 5.74) is 0. The van der Waals surface area contributed by atoms with Crippen molar-refractivity contribution in [1.29, 1.82) is 0 Å². The molecule has 0 aliphatic carbocycles. The first-order chi connectivity index (χ1) is 7.10. The standard InChI is InChI=1S/C5H8O2.CH5OPS3.2CH3.Sn/c1-4(6)3-5(2)7;1-2-3(4,5)6;;;/h3,6H,1-2H3;1H3,(H2,4,5,6);2*1H3;/q;;;;+2/p-2/b4-3+;;;;. The van der Waals surface area contributed by atoms with E-state index in [1.165, 1.54) is 21.0 Å². The minimum atomic E-state index is -2.04. The monoisotopic (exact) mass is 408 g/mol. The van der Waals surface area contributed by atoms with Crippen molar-refractivity contribution in [2.75, 3.05) is 7.11 Å². The molecule has 0 fully saturated rings. The van der Waals surface area contributed by atoms with Gasteiger partial charge in [0.05, 0.1) is 0 Å². The minimum absolute atomic E-state index is 0.187. The Kier molecular flexibility index (Phi) is 20.2. The maximum absolute atomic E-state index is 9.98. The molecule has 0 saturated carbocycles. The molecule has 8 heteroatoms. The van der Waals surface area contributed by atoms with Crippen LogP contribution in [0, 0.1) is 0 Å². The molecule has 3 nitrogen and oxygen atoms in total. The van der Waals surface area contributed by atoms with Gasteiger partial charge in [0.25, 0.3) is 0 Å². The van der Waals surface area contributed by atoms with Crippen molar-refractivity contribution in [3.8, 4) is 0 Å². The number of allylic oxidation sites excluding steroid dienone is 2. The first kappa shape index (κ1) is 22.5.